The first-order valence-electron chi connectivity index (χ1n) is 12.1. The van der Waals surface area contributed by atoms with Crippen molar-refractivity contribution < 1.29 is 14.5 Å². The molecule has 2 aliphatic heterocycles. The van der Waals surface area contributed by atoms with Gasteiger partial charge in [-0.15, -0.1) is 0 Å². The molecule has 0 atom stereocenters. The number of aryl methyl sites for hydroxylation is 1. The highest BCUT2D eigenvalue weighted by Gasteiger charge is 2.26. The largest absolute Gasteiger partial charge is 0.381 e. The van der Waals surface area contributed by atoms with Gasteiger partial charge in [-0.1, -0.05) is 6.07 Å². The Labute approximate surface area is 205 Å². The lowest BCUT2D eigenvalue weighted by Gasteiger charge is -2.29. The number of aromatic nitrogens is 3. The molecule has 4 heterocycles. The lowest BCUT2D eigenvalue weighted by molar-refractivity contribution is -0.385. The number of H-pyrrole nitrogens is 1. The number of imidazole rings is 1. The zero-order valence-electron chi connectivity index (χ0n) is 19.8. The number of aromatic amines is 1. The van der Waals surface area contributed by atoms with Crippen LogP contribution in [0.1, 0.15) is 51.6 Å². The summed E-state index contributed by atoms with van der Waals surface area (Å²) in [5.41, 5.74) is 4.72. The number of carbonyl (C=O) groups excluding carboxylic acids is 1. The Kier molecular flexibility index (Phi) is 5.33. The van der Waals surface area contributed by atoms with Crippen LogP contribution >= 0.6 is 0 Å². The van der Waals surface area contributed by atoms with E-state index >= 15 is 0 Å². The van der Waals surface area contributed by atoms with E-state index in [2.05, 4.69) is 9.97 Å². The normalized spacial score (nSPS) is 16.4. The Morgan fingerprint density at radius 1 is 1.17 bits per heavy atom. The SMILES string of the molecule is Cc1cc2c(cc1C(=O)N1CCc3ccc([N+](=O)[O-])cc3C1)[nH]c(=O)c1cnc(C3CCOCC3)n12. The average molecular weight is 488 g/mol. The summed E-state index contributed by atoms with van der Waals surface area (Å²) in [6, 6.07) is 8.50. The third kappa shape index (κ3) is 3.65. The molecule has 2 aromatic carbocycles. The molecule has 0 spiro atoms. The number of non-ortho nitro benzene ring substituents is 1. The molecule has 6 rings (SSSR count). The summed E-state index contributed by atoms with van der Waals surface area (Å²) in [4.78, 5) is 46.5. The van der Waals surface area contributed by atoms with E-state index in [0.717, 1.165) is 40.9 Å². The highest BCUT2D eigenvalue weighted by Crippen LogP contribution is 2.30. The van der Waals surface area contributed by atoms with E-state index in [-0.39, 0.29) is 23.1 Å². The number of hydrogen-bond acceptors (Lipinski definition) is 6. The minimum Gasteiger partial charge on any atom is -0.381 e. The molecule has 0 radical (unpaired) electrons. The van der Waals surface area contributed by atoms with Crippen molar-refractivity contribution in [1.29, 1.82) is 0 Å². The van der Waals surface area contributed by atoms with E-state index < -0.39 is 4.92 Å². The van der Waals surface area contributed by atoms with Gasteiger partial charge in [-0.3, -0.25) is 24.1 Å². The Balaban J connectivity index is 1.39. The number of nitrogens with zero attached hydrogens (tertiary/aromatic N) is 4. The van der Waals surface area contributed by atoms with E-state index in [1.165, 1.54) is 6.07 Å². The van der Waals surface area contributed by atoms with Crippen molar-refractivity contribution in [1.82, 2.24) is 19.3 Å². The van der Waals surface area contributed by atoms with Crippen molar-refractivity contribution in [3.63, 3.8) is 0 Å². The summed E-state index contributed by atoms with van der Waals surface area (Å²) in [5, 5.41) is 11.2. The van der Waals surface area contributed by atoms with Crippen molar-refractivity contribution in [2.75, 3.05) is 19.8 Å². The van der Waals surface area contributed by atoms with Gasteiger partial charge in [-0.2, -0.15) is 0 Å². The summed E-state index contributed by atoms with van der Waals surface area (Å²) >= 11 is 0. The number of ether oxygens (including phenoxy) is 1. The molecular weight excluding hydrogens is 462 g/mol. The molecule has 1 fully saturated rings. The maximum Gasteiger partial charge on any atom is 0.274 e. The molecular formula is C26H25N5O5. The molecule has 0 bridgehead atoms. The predicted octanol–water partition coefficient (Wildman–Crippen LogP) is 3.48. The molecule has 0 saturated carbocycles. The van der Waals surface area contributed by atoms with E-state index in [1.807, 2.05) is 17.4 Å². The van der Waals surface area contributed by atoms with Crippen molar-refractivity contribution in [3.8, 4) is 0 Å². The van der Waals surface area contributed by atoms with Crippen LogP contribution in [0.4, 0.5) is 5.69 Å². The van der Waals surface area contributed by atoms with Gasteiger partial charge in [0.1, 0.15) is 11.3 Å². The van der Waals surface area contributed by atoms with Crippen molar-refractivity contribution >= 4 is 28.1 Å². The zero-order chi connectivity index (χ0) is 25.0. The number of rotatable bonds is 3. The number of nitro benzene ring substituents is 1. The van der Waals surface area contributed by atoms with Crippen LogP contribution in [0.25, 0.3) is 16.6 Å². The number of hydrogen-bond donors (Lipinski definition) is 1. The third-order valence-electron chi connectivity index (χ3n) is 7.37. The van der Waals surface area contributed by atoms with E-state index in [0.29, 0.717) is 49.3 Å². The van der Waals surface area contributed by atoms with Gasteiger partial charge in [-0.25, -0.2) is 4.98 Å². The van der Waals surface area contributed by atoms with Crippen molar-refractivity contribution in [3.05, 3.63) is 85.1 Å². The molecule has 2 aromatic heterocycles. The Bertz CT molecular complexity index is 1600. The topological polar surface area (TPSA) is 123 Å². The van der Waals surface area contributed by atoms with Crippen molar-refractivity contribution in [2.24, 2.45) is 0 Å². The number of carbonyl (C=O) groups is 1. The second kappa shape index (κ2) is 8.56. The van der Waals surface area contributed by atoms with Crippen LogP contribution in [0.15, 0.2) is 41.3 Å². The summed E-state index contributed by atoms with van der Waals surface area (Å²) in [6.45, 7) is 4.04. The van der Waals surface area contributed by atoms with Gasteiger partial charge < -0.3 is 14.6 Å². The number of nitrogens with one attached hydrogen (secondary N) is 1. The van der Waals surface area contributed by atoms with Crippen LogP contribution in [0.5, 0.6) is 0 Å². The minimum atomic E-state index is -0.420. The van der Waals surface area contributed by atoms with E-state index in [9.17, 15) is 19.7 Å². The summed E-state index contributed by atoms with van der Waals surface area (Å²) in [6.07, 6.45) is 3.93. The van der Waals surface area contributed by atoms with Crippen LogP contribution in [0.3, 0.4) is 0 Å². The fourth-order valence-electron chi connectivity index (χ4n) is 5.42. The Morgan fingerprint density at radius 2 is 1.97 bits per heavy atom. The van der Waals surface area contributed by atoms with Gasteiger partial charge in [0.25, 0.3) is 17.2 Å². The molecule has 36 heavy (non-hydrogen) atoms. The summed E-state index contributed by atoms with van der Waals surface area (Å²) < 4.78 is 7.42. The molecule has 2 aliphatic rings. The van der Waals surface area contributed by atoms with Crippen LogP contribution in [0, 0.1) is 17.0 Å². The van der Waals surface area contributed by atoms with Gasteiger partial charge in [0.15, 0.2) is 0 Å². The van der Waals surface area contributed by atoms with E-state index in [1.54, 1.807) is 29.3 Å². The number of benzene rings is 2. The average Bonchev–Trinajstić information content (AvgIpc) is 3.34. The summed E-state index contributed by atoms with van der Waals surface area (Å²) in [5.74, 6) is 0.880. The Hall–Kier alpha value is -4.05. The van der Waals surface area contributed by atoms with Crippen molar-refractivity contribution in [2.45, 2.75) is 38.6 Å². The predicted molar refractivity (Wildman–Crippen MR) is 132 cm³/mol. The number of amides is 1. The van der Waals surface area contributed by atoms with Gasteiger partial charge in [0.05, 0.1) is 22.2 Å². The highest BCUT2D eigenvalue weighted by atomic mass is 16.6. The summed E-state index contributed by atoms with van der Waals surface area (Å²) in [7, 11) is 0. The molecule has 0 unspecified atom stereocenters. The van der Waals surface area contributed by atoms with Crippen LogP contribution < -0.4 is 5.56 Å². The quantitative estimate of drug-likeness (QED) is 0.349. The Morgan fingerprint density at radius 3 is 2.75 bits per heavy atom. The number of fused-ring (bicyclic) bond motifs is 4. The standard InChI is InChI=1S/C26H25N5O5/c1-15-10-22-21(28-25(32)23-13-27-24(30(22)23)17-5-8-36-9-6-17)12-20(15)26(33)29-7-4-16-2-3-19(31(34)35)11-18(16)14-29/h2-3,10-13,17H,4-9,14H2,1H3,(H,28,32). The smallest absolute Gasteiger partial charge is 0.274 e. The van der Waals surface area contributed by atoms with Crippen LogP contribution in [-0.4, -0.2) is 49.9 Å². The molecule has 184 valence electrons. The van der Waals surface area contributed by atoms with Crippen LogP contribution in [0.2, 0.25) is 0 Å². The first-order valence-corrected chi connectivity index (χ1v) is 12.1. The molecule has 1 saturated heterocycles. The second-order valence-electron chi connectivity index (χ2n) is 9.55. The maximum absolute atomic E-state index is 13.6. The van der Waals surface area contributed by atoms with Gasteiger partial charge in [-0.05, 0) is 55.0 Å². The molecule has 1 N–H and O–H groups in total. The van der Waals surface area contributed by atoms with Crippen LogP contribution in [-0.2, 0) is 17.7 Å². The van der Waals surface area contributed by atoms with E-state index in [4.69, 9.17) is 4.74 Å². The zero-order valence-corrected chi connectivity index (χ0v) is 19.8. The van der Waals surface area contributed by atoms with Gasteiger partial charge >= 0.3 is 0 Å². The highest BCUT2D eigenvalue weighted by molar-refractivity contribution is 5.99. The lowest BCUT2D eigenvalue weighted by atomic mass is 9.97. The lowest BCUT2D eigenvalue weighted by Crippen LogP contribution is -2.36. The third-order valence-corrected chi connectivity index (χ3v) is 7.37. The van der Waals surface area contributed by atoms with Gasteiger partial charge in [0.2, 0.25) is 0 Å². The molecule has 0 aliphatic carbocycles. The molecule has 1 amide bonds. The first-order chi connectivity index (χ1) is 17.4. The fraction of sp³-hybridized carbons (Fsp3) is 0.346. The maximum atomic E-state index is 13.6. The molecule has 4 aromatic rings. The minimum absolute atomic E-state index is 0.0205. The number of nitro groups is 1. The second-order valence-corrected chi connectivity index (χ2v) is 9.55. The monoisotopic (exact) mass is 487 g/mol. The fourth-order valence-corrected chi connectivity index (χ4v) is 5.42. The molecule has 10 nitrogen and oxygen atoms in total. The molecule has 10 heteroatoms. The van der Waals surface area contributed by atoms with Gasteiger partial charge in [0, 0.05) is 49.9 Å². The first kappa shape index (κ1) is 22.4.